The summed E-state index contributed by atoms with van der Waals surface area (Å²) in [4.78, 5) is 12.5. The van der Waals surface area contributed by atoms with E-state index in [1.165, 1.54) is 22.8 Å². The van der Waals surface area contributed by atoms with Crippen molar-refractivity contribution in [3.8, 4) is 0 Å². The molecule has 2 aromatic heterocycles. The largest absolute Gasteiger partial charge is 0.368 e. The zero-order valence-corrected chi connectivity index (χ0v) is 13.3. The van der Waals surface area contributed by atoms with Crippen molar-refractivity contribution in [1.29, 1.82) is 0 Å². The van der Waals surface area contributed by atoms with E-state index in [2.05, 4.69) is 30.5 Å². The lowest BCUT2D eigenvalue weighted by Crippen LogP contribution is -2.09. The first-order valence-corrected chi connectivity index (χ1v) is 7.77. The van der Waals surface area contributed by atoms with E-state index in [0.29, 0.717) is 27.7 Å². The van der Waals surface area contributed by atoms with Gasteiger partial charge in [-0.25, -0.2) is 4.68 Å². The van der Waals surface area contributed by atoms with Crippen molar-refractivity contribution in [3.63, 3.8) is 0 Å². The normalized spacial score (nSPS) is 10.7. The number of halogens is 1. The summed E-state index contributed by atoms with van der Waals surface area (Å²) in [5.41, 5.74) is 6.52. The SMILES string of the molecule is Nc1nc(CSc2nncn2N)nc(Nc2ccc(Cl)cc2)n1. The highest BCUT2D eigenvalue weighted by atomic mass is 35.5. The molecule has 2 heterocycles. The third-order valence-corrected chi connectivity index (χ3v) is 3.88. The maximum Gasteiger partial charge on any atom is 0.232 e. The molecule has 0 amide bonds. The van der Waals surface area contributed by atoms with Crippen molar-refractivity contribution in [1.82, 2.24) is 29.8 Å². The molecule has 3 rings (SSSR count). The van der Waals surface area contributed by atoms with Crippen LogP contribution in [0.15, 0.2) is 35.7 Å². The first-order chi connectivity index (χ1) is 11.1. The van der Waals surface area contributed by atoms with Crippen molar-refractivity contribution in [2.45, 2.75) is 10.9 Å². The van der Waals surface area contributed by atoms with E-state index in [1.54, 1.807) is 12.1 Å². The van der Waals surface area contributed by atoms with Gasteiger partial charge in [0.1, 0.15) is 12.2 Å². The molecule has 0 aliphatic carbocycles. The fourth-order valence-electron chi connectivity index (χ4n) is 1.69. The summed E-state index contributed by atoms with van der Waals surface area (Å²) in [6.07, 6.45) is 1.41. The molecule has 0 fully saturated rings. The number of nitrogens with zero attached hydrogens (tertiary/aromatic N) is 6. The number of nitrogens with one attached hydrogen (secondary N) is 1. The molecule has 0 radical (unpaired) electrons. The van der Waals surface area contributed by atoms with Crippen LogP contribution < -0.4 is 16.9 Å². The van der Waals surface area contributed by atoms with Crippen LogP contribution in [0.25, 0.3) is 0 Å². The predicted octanol–water partition coefficient (Wildman–Crippen LogP) is 1.45. The Labute approximate surface area is 140 Å². The molecule has 0 unspecified atom stereocenters. The molecule has 118 valence electrons. The monoisotopic (exact) mass is 349 g/mol. The van der Waals surface area contributed by atoms with Gasteiger partial charge in [0.05, 0.1) is 5.75 Å². The number of anilines is 3. The smallest absolute Gasteiger partial charge is 0.232 e. The van der Waals surface area contributed by atoms with Gasteiger partial charge in [-0.1, -0.05) is 23.4 Å². The fourth-order valence-corrected chi connectivity index (χ4v) is 2.50. The second-order valence-electron chi connectivity index (χ2n) is 4.37. The van der Waals surface area contributed by atoms with Gasteiger partial charge >= 0.3 is 0 Å². The summed E-state index contributed by atoms with van der Waals surface area (Å²) < 4.78 is 1.32. The predicted molar refractivity (Wildman–Crippen MR) is 88.7 cm³/mol. The Morgan fingerprint density at radius 1 is 1.17 bits per heavy atom. The fraction of sp³-hybridized carbons (Fsp3) is 0.0833. The van der Waals surface area contributed by atoms with Gasteiger partial charge in [0.2, 0.25) is 17.1 Å². The molecule has 0 spiro atoms. The number of benzene rings is 1. The third-order valence-electron chi connectivity index (χ3n) is 2.67. The van der Waals surface area contributed by atoms with Crippen LogP contribution in [0.3, 0.4) is 0 Å². The van der Waals surface area contributed by atoms with Gasteiger partial charge in [0.15, 0.2) is 0 Å². The molecule has 0 saturated heterocycles. The Bertz CT molecular complexity index is 805. The van der Waals surface area contributed by atoms with Crippen LogP contribution in [0, 0.1) is 0 Å². The summed E-state index contributed by atoms with van der Waals surface area (Å²) in [5.74, 6) is 7.06. The highest BCUT2D eigenvalue weighted by Gasteiger charge is 2.08. The van der Waals surface area contributed by atoms with Crippen LogP contribution in [0.5, 0.6) is 0 Å². The van der Waals surface area contributed by atoms with E-state index in [9.17, 15) is 0 Å². The minimum Gasteiger partial charge on any atom is -0.368 e. The van der Waals surface area contributed by atoms with Gasteiger partial charge in [0, 0.05) is 10.7 Å². The number of aromatic nitrogens is 6. The van der Waals surface area contributed by atoms with Crippen LogP contribution in [0.2, 0.25) is 5.02 Å². The van der Waals surface area contributed by atoms with E-state index < -0.39 is 0 Å². The van der Waals surface area contributed by atoms with Crippen molar-refractivity contribution in [2.75, 3.05) is 16.9 Å². The van der Waals surface area contributed by atoms with E-state index in [-0.39, 0.29) is 5.95 Å². The second-order valence-corrected chi connectivity index (χ2v) is 5.75. The van der Waals surface area contributed by atoms with Gasteiger partial charge in [-0.2, -0.15) is 15.0 Å². The summed E-state index contributed by atoms with van der Waals surface area (Å²) >= 11 is 7.20. The molecular weight excluding hydrogens is 338 g/mol. The van der Waals surface area contributed by atoms with Gasteiger partial charge in [-0.05, 0) is 24.3 Å². The molecule has 9 nitrogen and oxygen atoms in total. The zero-order chi connectivity index (χ0) is 16.2. The number of hydrogen-bond acceptors (Lipinski definition) is 9. The standard InChI is InChI=1S/C12H12ClN9S/c13-7-1-3-8(4-2-7)17-11-19-9(18-10(14)20-11)5-23-12-21-16-6-22(12)15/h1-4,6H,5,15H2,(H3,14,17,18,19,20). The van der Waals surface area contributed by atoms with E-state index >= 15 is 0 Å². The number of thioether (sulfide) groups is 1. The van der Waals surface area contributed by atoms with Crippen LogP contribution in [0.4, 0.5) is 17.6 Å². The van der Waals surface area contributed by atoms with Gasteiger partial charge < -0.3 is 16.9 Å². The first kappa shape index (κ1) is 15.3. The topological polar surface area (TPSA) is 133 Å². The molecular formula is C12H12ClN9S. The average molecular weight is 350 g/mol. The number of nitrogen functional groups attached to an aromatic ring is 2. The number of rotatable bonds is 5. The van der Waals surface area contributed by atoms with Crippen LogP contribution in [-0.4, -0.2) is 29.8 Å². The molecule has 3 aromatic rings. The molecule has 0 atom stereocenters. The second kappa shape index (κ2) is 6.67. The maximum atomic E-state index is 5.85. The third kappa shape index (κ3) is 3.99. The Morgan fingerprint density at radius 2 is 1.96 bits per heavy atom. The molecule has 0 bridgehead atoms. The van der Waals surface area contributed by atoms with Crippen LogP contribution in [-0.2, 0) is 5.75 Å². The van der Waals surface area contributed by atoms with Crippen LogP contribution in [0.1, 0.15) is 5.82 Å². The minimum atomic E-state index is 0.126. The Morgan fingerprint density at radius 3 is 2.65 bits per heavy atom. The van der Waals surface area contributed by atoms with E-state index in [0.717, 1.165) is 5.69 Å². The van der Waals surface area contributed by atoms with Gasteiger partial charge in [0.25, 0.3) is 0 Å². The van der Waals surface area contributed by atoms with E-state index in [4.69, 9.17) is 23.2 Å². The van der Waals surface area contributed by atoms with Gasteiger partial charge in [-0.3, -0.25) is 0 Å². The summed E-state index contributed by atoms with van der Waals surface area (Å²) in [7, 11) is 0. The van der Waals surface area contributed by atoms with Crippen molar-refractivity contribution >= 4 is 40.9 Å². The summed E-state index contributed by atoms with van der Waals surface area (Å²) in [5, 5.41) is 11.8. The van der Waals surface area contributed by atoms with Crippen molar-refractivity contribution < 1.29 is 0 Å². The maximum absolute atomic E-state index is 5.85. The Balaban J connectivity index is 1.73. The quantitative estimate of drug-likeness (QED) is 0.462. The highest BCUT2D eigenvalue weighted by Crippen LogP contribution is 2.20. The molecule has 0 saturated carbocycles. The lowest BCUT2D eigenvalue weighted by molar-refractivity contribution is 0.843. The molecule has 0 aliphatic heterocycles. The summed E-state index contributed by atoms with van der Waals surface area (Å²) in [6.45, 7) is 0. The van der Waals surface area contributed by atoms with Crippen molar-refractivity contribution in [2.24, 2.45) is 0 Å². The number of hydrogen-bond donors (Lipinski definition) is 3. The van der Waals surface area contributed by atoms with E-state index in [1.807, 2.05) is 12.1 Å². The molecule has 1 aromatic carbocycles. The van der Waals surface area contributed by atoms with Gasteiger partial charge in [-0.15, -0.1) is 10.2 Å². The molecule has 11 heteroatoms. The van der Waals surface area contributed by atoms with Crippen LogP contribution >= 0.6 is 23.4 Å². The highest BCUT2D eigenvalue weighted by molar-refractivity contribution is 7.98. The lowest BCUT2D eigenvalue weighted by Gasteiger charge is -2.07. The molecule has 23 heavy (non-hydrogen) atoms. The first-order valence-electron chi connectivity index (χ1n) is 6.41. The molecule has 5 N–H and O–H groups in total. The van der Waals surface area contributed by atoms with Crippen molar-refractivity contribution in [3.05, 3.63) is 41.4 Å². The summed E-state index contributed by atoms with van der Waals surface area (Å²) in [6, 6.07) is 7.15. The average Bonchev–Trinajstić information content (AvgIpc) is 2.92. The molecule has 0 aliphatic rings. The zero-order valence-electron chi connectivity index (χ0n) is 11.7. The lowest BCUT2D eigenvalue weighted by atomic mass is 10.3. The number of nitrogens with two attached hydrogens (primary N) is 2. The Kier molecular flexibility index (Phi) is 4.44. The Hall–Kier alpha value is -2.59. The minimum absolute atomic E-state index is 0.126.